The summed E-state index contributed by atoms with van der Waals surface area (Å²) in [4.78, 5) is 13.6. The van der Waals surface area contributed by atoms with Gasteiger partial charge in [-0.1, -0.05) is 0 Å². The lowest BCUT2D eigenvalue weighted by Crippen LogP contribution is -2.46. The Morgan fingerprint density at radius 3 is 1.93 bits per heavy atom. The van der Waals surface area contributed by atoms with Gasteiger partial charge in [0.25, 0.3) is 0 Å². The molecule has 0 amide bonds. The molecule has 0 rings (SSSR count). The fraction of sp³-hybridized carbons (Fsp3) is 0.889. The van der Waals surface area contributed by atoms with Crippen molar-refractivity contribution in [2.45, 2.75) is 46.4 Å². The van der Waals surface area contributed by atoms with E-state index in [2.05, 4.69) is 4.99 Å². The molecule has 0 N–H and O–H groups in total. The Labute approximate surface area is 86.6 Å². The highest BCUT2D eigenvalue weighted by Crippen LogP contribution is 2.13. The molecule has 0 spiro atoms. The largest absolute Gasteiger partial charge is 0.391 e. The van der Waals surface area contributed by atoms with E-state index in [0.717, 1.165) is 0 Å². The van der Waals surface area contributed by atoms with E-state index in [9.17, 15) is 4.79 Å². The molecule has 82 valence electrons. The van der Waals surface area contributed by atoms with Crippen molar-refractivity contribution in [2.75, 3.05) is 6.17 Å². The first-order chi connectivity index (χ1) is 6.39. The van der Waals surface area contributed by atoms with Gasteiger partial charge in [-0.2, -0.15) is 0 Å². The molecule has 0 radical (unpaired) electrons. The molecule has 0 unspecified atom stereocenters. The van der Waals surface area contributed by atoms with E-state index in [1.807, 2.05) is 34.2 Å². The molecule has 5 heteroatoms. The summed E-state index contributed by atoms with van der Waals surface area (Å²) in [5, 5.41) is 0. The zero-order valence-corrected chi connectivity index (χ0v) is 10.5. The standard InChI is InChI=1S/C9H19NO3Si/c1-8(2)12-14(5,7-10-6-11)13-9(3)4/h8-9H,7H2,1-5H3. The lowest BCUT2D eigenvalue weighted by molar-refractivity contribution is 0.110. The number of hydrogen-bond acceptors (Lipinski definition) is 4. The summed E-state index contributed by atoms with van der Waals surface area (Å²) in [6.45, 7) is 9.69. The molecule has 0 fully saturated rings. The summed E-state index contributed by atoms with van der Waals surface area (Å²) in [5.74, 6) is 0. The third kappa shape index (κ3) is 6.04. The molecule has 0 heterocycles. The minimum atomic E-state index is -2.33. The van der Waals surface area contributed by atoms with Crippen LogP contribution < -0.4 is 0 Å². The average Bonchev–Trinajstić information content (AvgIpc) is 1.97. The molecule has 0 saturated carbocycles. The Kier molecular flexibility index (Phi) is 5.88. The molecule has 0 saturated heterocycles. The van der Waals surface area contributed by atoms with Gasteiger partial charge in [0.15, 0.2) is 0 Å². The van der Waals surface area contributed by atoms with E-state index in [1.165, 1.54) is 6.08 Å². The fourth-order valence-corrected chi connectivity index (χ4v) is 3.83. The quantitative estimate of drug-likeness (QED) is 0.387. The molecule has 0 aromatic rings. The Bertz CT molecular complexity index is 202. The van der Waals surface area contributed by atoms with E-state index in [4.69, 9.17) is 8.85 Å². The number of nitrogens with zero attached hydrogens (tertiary/aromatic N) is 1. The van der Waals surface area contributed by atoms with E-state index in [0.29, 0.717) is 6.17 Å². The maximum absolute atomic E-state index is 10.0. The van der Waals surface area contributed by atoms with Crippen LogP contribution in [0.3, 0.4) is 0 Å². The zero-order valence-electron chi connectivity index (χ0n) is 9.53. The molecule has 14 heavy (non-hydrogen) atoms. The fourth-order valence-electron chi connectivity index (χ4n) is 1.28. The Morgan fingerprint density at radius 1 is 1.21 bits per heavy atom. The van der Waals surface area contributed by atoms with Gasteiger partial charge in [0.2, 0.25) is 6.08 Å². The van der Waals surface area contributed by atoms with E-state index in [1.54, 1.807) is 0 Å². The first kappa shape index (κ1) is 13.5. The van der Waals surface area contributed by atoms with Crippen LogP contribution in [-0.2, 0) is 13.6 Å². The topological polar surface area (TPSA) is 47.9 Å². The molecule has 0 atom stereocenters. The van der Waals surface area contributed by atoms with Gasteiger partial charge in [-0.15, -0.1) is 0 Å². The van der Waals surface area contributed by atoms with Crippen LogP contribution in [0, 0.1) is 0 Å². The number of hydrogen-bond donors (Lipinski definition) is 0. The van der Waals surface area contributed by atoms with Crippen LogP contribution >= 0.6 is 0 Å². The highest BCUT2D eigenvalue weighted by molar-refractivity contribution is 6.66. The van der Waals surface area contributed by atoms with Gasteiger partial charge in [0.1, 0.15) is 0 Å². The third-order valence-corrected chi connectivity index (χ3v) is 4.07. The molecule has 4 nitrogen and oxygen atoms in total. The van der Waals surface area contributed by atoms with E-state index in [-0.39, 0.29) is 12.2 Å². The van der Waals surface area contributed by atoms with Crippen molar-refractivity contribution in [3.05, 3.63) is 0 Å². The van der Waals surface area contributed by atoms with Crippen LogP contribution in [0.1, 0.15) is 27.7 Å². The first-order valence-electron chi connectivity index (χ1n) is 4.79. The van der Waals surface area contributed by atoms with Crippen molar-refractivity contribution in [3.8, 4) is 0 Å². The number of aliphatic imine (C=N–C) groups is 1. The van der Waals surface area contributed by atoms with Crippen molar-refractivity contribution in [1.82, 2.24) is 0 Å². The van der Waals surface area contributed by atoms with Crippen molar-refractivity contribution >= 4 is 14.6 Å². The van der Waals surface area contributed by atoms with Crippen LogP contribution in [0.25, 0.3) is 0 Å². The van der Waals surface area contributed by atoms with Gasteiger partial charge >= 0.3 is 8.56 Å². The van der Waals surface area contributed by atoms with Crippen molar-refractivity contribution in [3.63, 3.8) is 0 Å². The molecule has 0 aliphatic carbocycles. The zero-order chi connectivity index (χ0) is 11.2. The second-order valence-corrected chi connectivity index (χ2v) is 6.93. The average molecular weight is 217 g/mol. The maximum Gasteiger partial charge on any atom is 0.358 e. The molecular formula is C9H19NO3Si. The number of isocyanates is 1. The SMILES string of the molecule is CC(C)O[Si](C)(CN=C=O)OC(C)C. The smallest absolute Gasteiger partial charge is 0.358 e. The predicted octanol–water partition coefficient (Wildman–Crippen LogP) is 1.78. The third-order valence-electron chi connectivity index (χ3n) is 1.40. The molecule has 0 aliphatic heterocycles. The highest BCUT2D eigenvalue weighted by atomic mass is 28.4. The minimum Gasteiger partial charge on any atom is -0.391 e. The maximum atomic E-state index is 10.0. The lowest BCUT2D eigenvalue weighted by atomic mass is 10.5. The molecule has 0 bridgehead atoms. The Hall–Kier alpha value is -0.483. The highest BCUT2D eigenvalue weighted by Gasteiger charge is 2.33. The van der Waals surface area contributed by atoms with Crippen LogP contribution in [-0.4, -0.2) is 33.0 Å². The minimum absolute atomic E-state index is 0.0901. The normalized spacial score (nSPS) is 11.9. The van der Waals surface area contributed by atoms with Gasteiger partial charge in [-0.05, 0) is 34.2 Å². The second-order valence-electron chi connectivity index (χ2n) is 3.87. The van der Waals surface area contributed by atoms with Crippen molar-refractivity contribution in [2.24, 2.45) is 4.99 Å². The summed E-state index contributed by atoms with van der Waals surface area (Å²) in [6.07, 6.45) is 2.01. The first-order valence-corrected chi connectivity index (χ1v) is 7.31. The van der Waals surface area contributed by atoms with Crippen LogP contribution in [0.5, 0.6) is 0 Å². The number of carbonyl (C=O) groups excluding carboxylic acids is 1. The molecule has 0 aromatic heterocycles. The molecule has 0 aliphatic rings. The van der Waals surface area contributed by atoms with E-state index < -0.39 is 8.56 Å². The van der Waals surface area contributed by atoms with Gasteiger partial charge < -0.3 is 8.85 Å². The summed E-state index contributed by atoms with van der Waals surface area (Å²) in [5.41, 5.74) is 0. The van der Waals surface area contributed by atoms with Gasteiger partial charge in [-0.3, -0.25) is 0 Å². The lowest BCUT2D eigenvalue weighted by Gasteiger charge is -2.29. The van der Waals surface area contributed by atoms with Gasteiger partial charge in [0, 0.05) is 12.2 Å². The molecule has 0 aromatic carbocycles. The summed E-state index contributed by atoms with van der Waals surface area (Å²) in [6, 6.07) is 0. The van der Waals surface area contributed by atoms with E-state index >= 15 is 0 Å². The Morgan fingerprint density at radius 2 is 1.64 bits per heavy atom. The summed E-state index contributed by atoms with van der Waals surface area (Å²) in [7, 11) is -2.33. The van der Waals surface area contributed by atoms with Gasteiger partial charge in [-0.25, -0.2) is 9.79 Å². The summed E-state index contributed by atoms with van der Waals surface area (Å²) >= 11 is 0. The summed E-state index contributed by atoms with van der Waals surface area (Å²) < 4.78 is 11.4. The van der Waals surface area contributed by atoms with Crippen LogP contribution in [0.2, 0.25) is 6.55 Å². The van der Waals surface area contributed by atoms with Crippen LogP contribution in [0.4, 0.5) is 0 Å². The monoisotopic (exact) mass is 217 g/mol. The second kappa shape index (κ2) is 6.09. The van der Waals surface area contributed by atoms with Gasteiger partial charge in [0.05, 0.1) is 6.17 Å². The van der Waals surface area contributed by atoms with Crippen LogP contribution in [0.15, 0.2) is 4.99 Å². The molecular weight excluding hydrogens is 198 g/mol. The number of rotatable bonds is 6. The predicted molar refractivity (Wildman–Crippen MR) is 57.0 cm³/mol. The van der Waals surface area contributed by atoms with Crippen molar-refractivity contribution in [1.29, 1.82) is 0 Å². The Balaban J connectivity index is 4.39. The van der Waals surface area contributed by atoms with Crippen molar-refractivity contribution < 1.29 is 13.6 Å².